The SMILES string of the molecule is CC(Nc1nc(N)ncc1Br)c1ccccc1. The highest BCUT2D eigenvalue weighted by molar-refractivity contribution is 9.10. The molecule has 5 heteroatoms. The van der Waals surface area contributed by atoms with Crippen molar-refractivity contribution in [3.8, 4) is 0 Å². The Morgan fingerprint density at radius 3 is 2.71 bits per heavy atom. The summed E-state index contributed by atoms with van der Waals surface area (Å²) < 4.78 is 0.800. The van der Waals surface area contributed by atoms with Gasteiger partial charge in [-0.2, -0.15) is 4.98 Å². The Labute approximate surface area is 108 Å². The van der Waals surface area contributed by atoms with Crippen LogP contribution in [-0.2, 0) is 0 Å². The van der Waals surface area contributed by atoms with Crippen LogP contribution < -0.4 is 11.1 Å². The molecule has 2 aromatic rings. The highest BCUT2D eigenvalue weighted by atomic mass is 79.9. The van der Waals surface area contributed by atoms with E-state index < -0.39 is 0 Å². The van der Waals surface area contributed by atoms with E-state index in [1.165, 1.54) is 5.56 Å². The van der Waals surface area contributed by atoms with Crippen LogP contribution in [0.1, 0.15) is 18.5 Å². The van der Waals surface area contributed by atoms with Crippen LogP contribution in [0.2, 0.25) is 0 Å². The largest absolute Gasteiger partial charge is 0.368 e. The summed E-state index contributed by atoms with van der Waals surface area (Å²) in [5, 5.41) is 3.29. The van der Waals surface area contributed by atoms with Crippen molar-refractivity contribution in [2.24, 2.45) is 0 Å². The second kappa shape index (κ2) is 5.14. The Balaban J connectivity index is 2.18. The highest BCUT2D eigenvalue weighted by Crippen LogP contribution is 2.24. The molecule has 0 fully saturated rings. The molecule has 0 bridgehead atoms. The molecule has 0 saturated carbocycles. The fourth-order valence-corrected chi connectivity index (χ4v) is 1.82. The first kappa shape index (κ1) is 11.9. The molecule has 1 unspecified atom stereocenters. The summed E-state index contributed by atoms with van der Waals surface area (Å²) in [5.74, 6) is 0.963. The maximum absolute atomic E-state index is 5.56. The molecule has 4 nitrogen and oxygen atoms in total. The third-order valence-electron chi connectivity index (χ3n) is 2.42. The first-order chi connectivity index (χ1) is 8.16. The van der Waals surface area contributed by atoms with Crippen LogP contribution in [0.15, 0.2) is 41.0 Å². The van der Waals surface area contributed by atoms with E-state index in [4.69, 9.17) is 5.73 Å². The van der Waals surface area contributed by atoms with Crippen molar-refractivity contribution in [2.45, 2.75) is 13.0 Å². The molecule has 1 heterocycles. The molecule has 0 aliphatic rings. The third kappa shape index (κ3) is 2.94. The molecular weight excluding hydrogens is 280 g/mol. The summed E-state index contributed by atoms with van der Waals surface area (Å²) in [5.41, 5.74) is 6.75. The zero-order chi connectivity index (χ0) is 12.3. The number of hydrogen-bond acceptors (Lipinski definition) is 4. The standard InChI is InChI=1S/C12H13BrN4/c1-8(9-5-3-2-4-6-9)16-11-10(13)7-15-12(14)17-11/h2-8H,1H3,(H3,14,15,16,17). The van der Waals surface area contributed by atoms with Crippen molar-refractivity contribution in [3.63, 3.8) is 0 Å². The van der Waals surface area contributed by atoms with E-state index >= 15 is 0 Å². The fourth-order valence-electron chi connectivity index (χ4n) is 1.51. The van der Waals surface area contributed by atoms with Gasteiger partial charge >= 0.3 is 0 Å². The molecule has 2 rings (SSSR count). The Kier molecular flexibility index (Phi) is 3.58. The van der Waals surface area contributed by atoms with Crippen molar-refractivity contribution in [3.05, 3.63) is 46.6 Å². The molecule has 1 aromatic carbocycles. The van der Waals surface area contributed by atoms with Gasteiger partial charge in [0.15, 0.2) is 0 Å². The maximum Gasteiger partial charge on any atom is 0.221 e. The predicted octanol–water partition coefficient (Wildman–Crippen LogP) is 2.99. The summed E-state index contributed by atoms with van der Waals surface area (Å²) >= 11 is 3.39. The second-order valence-corrected chi connectivity index (χ2v) is 4.56. The summed E-state index contributed by atoms with van der Waals surface area (Å²) in [6.45, 7) is 2.07. The van der Waals surface area contributed by atoms with Crippen LogP contribution in [0.5, 0.6) is 0 Å². The van der Waals surface area contributed by atoms with Gasteiger partial charge in [-0.05, 0) is 28.4 Å². The number of nitrogens with zero attached hydrogens (tertiary/aromatic N) is 2. The number of halogens is 1. The van der Waals surface area contributed by atoms with Gasteiger partial charge in [0.2, 0.25) is 5.95 Å². The average molecular weight is 293 g/mol. The van der Waals surface area contributed by atoms with Gasteiger partial charge in [-0.15, -0.1) is 0 Å². The van der Waals surface area contributed by atoms with E-state index in [-0.39, 0.29) is 12.0 Å². The van der Waals surface area contributed by atoms with Crippen molar-refractivity contribution >= 4 is 27.7 Å². The molecule has 0 saturated heterocycles. The van der Waals surface area contributed by atoms with Gasteiger partial charge in [0.05, 0.1) is 4.47 Å². The molecule has 0 amide bonds. The van der Waals surface area contributed by atoms with Crippen molar-refractivity contribution in [1.82, 2.24) is 9.97 Å². The summed E-state index contributed by atoms with van der Waals surface area (Å²) in [6.07, 6.45) is 1.64. The minimum Gasteiger partial charge on any atom is -0.368 e. The number of rotatable bonds is 3. The smallest absolute Gasteiger partial charge is 0.221 e. The van der Waals surface area contributed by atoms with E-state index in [2.05, 4.69) is 50.3 Å². The number of nitrogens with two attached hydrogens (primary N) is 1. The number of hydrogen-bond donors (Lipinski definition) is 2. The van der Waals surface area contributed by atoms with E-state index in [9.17, 15) is 0 Å². The molecular formula is C12H13BrN4. The fraction of sp³-hybridized carbons (Fsp3) is 0.167. The molecule has 0 radical (unpaired) electrons. The molecule has 1 atom stereocenters. The minimum atomic E-state index is 0.154. The number of nitrogen functional groups attached to an aromatic ring is 1. The number of nitrogens with one attached hydrogen (secondary N) is 1. The van der Waals surface area contributed by atoms with Crippen LogP contribution in [0.25, 0.3) is 0 Å². The van der Waals surface area contributed by atoms with Crippen LogP contribution in [0.4, 0.5) is 11.8 Å². The molecule has 0 spiro atoms. The van der Waals surface area contributed by atoms with Crippen LogP contribution in [-0.4, -0.2) is 9.97 Å². The molecule has 0 aliphatic heterocycles. The lowest BCUT2D eigenvalue weighted by Gasteiger charge is -2.15. The molecule has 0 aliphatic carbocycles. The van der Waals surface area contributed by atoms with Crippen LogP contribution in [0.3, 0.4) is 0 Å². The van der Waals surface area contributed by atoms with Gasteiger partial charge in [-0.1, -0.05) is 30.3 Å². The summed E-state index contributed by atoms with van der Waals surface area (Å²) in [4.78, 5) is 8.05. The van der Waals surface area contributed by atoms with Crippen LogP contribution in [0, 0.1) is 0 Å². The Morgan fingerprint density at radius 2 is 2.00 bits per heavy atom. The first-order valence-electron chi connectivity index (χ1n) is 5.26. The number of anilines is 2. The summed E-state index contributed by atoms with van der Waals surface area (Å²) in [6, 6.07) is 10.3. The average Bonchev–Trinajstić information content (AvgIpc) is 2.35. The van der Waals surface area contributed by atoms with E-state index in [1.54, 1.807) is 6.20 Å². The monoisotopic (exact) mass is 292 g/mol. The van der Waals surface area contributed by atoms with Gasteiger partial charge in [0.1, 0.15) is 5.82 Å². The van der Waals surface area contributed by atoms with Crippen molar-refractivity contribution < 1.29 is 0 Å². The number of benzene rings is 1. The highest BCUT2D eigenvalue weighted by Gasteiger charge is 2.08. The lowest BCUT2D eigenvalue weighted by Crippen LogP contribution is -2.09. The van der Waals surface area contributed by atoms with Gasteiger partial charge in [0, 0.05) is 12.2 Å². The second-order valence-electron chi connectivity index (χ2n) is 3.70. The lowest BCUT2D eigenvalue weighted by atomic mass is 10.1. The zero-order valence-electron chi connectivity index (χ0n) is 9.39. The van der Waals surface area contributed by atoms with E-state index in [0.29, 0.717) is 5.82 Å². The minimum absolute atomic E-state index is 0.154. The molecule has 17 heavy (non-hydrogen) atoms. The third-order valence-corrected chi connectivity index (χ3v) is 3.00. The number of aromatic nitrogens is 2. The van der Waals surface area contributed by atoms with Crippen molar-refractivity contribution in [2.75, 3.05) is 11.1 Å². The molecule has 88 valence electrons. The van der Waals surface area contributed by atoms with Gasteiger partial charge in [-0.25, -0.2) is 4.98 Å². The summed E-state index contributed by atoms with van der Waals surface area (Å²) in [7, 11) is 0. The van der Waals surface area contributed by atoms with Crippen molar-refractivity contribution in [1.29, 1.82) is 0 Å². The quantitative estimate of drug-likeness (QED) is 0.913. The Morgan fingerprint density at radius 1 is 1.29 bits per heavy atom. The van der Waals surface area contributed by atoms with Gasteiger partial charge < -0.3 is 11.1 Å². The van der Waals surface area contributed by atoms with Gasteiger partial charge in [0.25, 0.3) is 0 Å². The Hall–Kier alpha value is -1.62. The normalized spacial score (nSPS) is 12.1. The zero-order valence-corrected chi connectivity index (χ0v) is 11.0. The lowest BCUT2D eigenvalue weighted by molar-refractivity contribution is 0.871. The van der Waals surface area contributed by atoms with E-state index in [0.717, 1.165) is 4.47 Å². The van der Waals surface area contributed by atoms with E-state index in [1.807, 2.05) is 18.2 Å². The Bertz CT molecular complexity index is 501. The molecule has 3 N–H and O–H groups in total. The topological polar surface area (TPSA) is 63.8 Å². The predicted molar refractivity (Wildman–Crippen MR) is 72.6 cm³/mol. The molecule has 1 aromatic heterocycles. The maximum atomic E-state index is 5.56. The van der Waals surface area contributed by atoms with Crippen LogP contribution >= 0.6 is 15.9 Å². The first-order valence-corrected chi connectivity index (χ1v) is 6.05. The van der Waals surface area contributed by atoms with Gasteiger partial charge in [-0.3, -0.25) is 0 Å².